The average molecular weight is 635 g/mol. The Bertz CT molecular complexity index is 2680. The van der Waals surface area contributed by atoms with Crippen LogP contribution in [0.3, 0.4) is 0 Å². The summed E-state index contributed by atoms with van der Waals surface area (Å²) in [6.07, 6.45) is 3.18. The third kappa shape index (κ3) is 4.78. The molecule has 0 N–H and O–H groups in total. The van der Waals surface area contributed by atoms with Crippen LogP contribution in [0.15, 0.2) is 164 Å². The summed E-state index contributed by atoms with van der Waals surface area (Å²) in [4.78, 5) is 0. The van der Waals surface area contributed by atoms with E-state index in [1.54, 1.807) is 0 Å². The first-order valence-corrected chi connectivity index (χ1v) is 17.7. The normalized spacial score (nSPS) is 14.2. The van der Waals surface area contributed by atoms with E-state index < -0.39 is 0 Å². The monoisotopic (exact) mass is 634 g/mol. The lowest BCUT2D eigenvalue weighted by molar-refractivity contribution is 0.622. The Kier molecular flexibility index (Phi) is 6.78. The lowest BCUT2D eigenvalue weighted by Crippen LogP contribution is -2.10. The summed E-state index contributed by atoms with van der Waals surface area (Å²) < 4.78 is 0. The maximum atomic E-state index is 3.40. The minimum Gasteiger partial charge on any atom is -0.0695 e. The molecule has 0 aliphatic heterocycles. The highest BCUT2D eigenvalue weighted by atomic mass is 14.3. The zero-order valence-electron chi connectivity index (χ0n) is 27.8. The molecule has 9 aromatic carbocycles. The second-order valence-corrected chi connectivity index (χ2v) is 13.8. The third-order valence-electron chi connectivity index (χ3n) is 11.0. The molecule has 0 fully saturated rings. The van der Waals surface area contributed by atoms with Gasteiger partial charge in [-0.15, -0.1) is 0 Å². The van der Waals surface area contributed by atoms with E-state index in [1.165, 1.54) is 87.8 Å². The number of aryl methyl sites for hydroxylation is 1. The number of hydrogen-bond donors (Lipinski definition) is 0. The molecule has 0 heteroatoms. The first-order chi connectivity index (χ1) is 24.8. The van der Waals surface area contributed by atoms with Gasteiger partial charge < -0.3 is 0 Å². The molecule has 10 rings (SSSR count). The molecule has 0 saturated heterocycles. The Morgan fingerprint density at radius 2 is 1.12 bits per heavy atom. The molecular formula is C50H34. The van der Waals surface area contributed by atoms with Gasteiger partial charge in [0.2, 0.25) is 0 Å². The summed E-state index contributed by atoms with van der Waals surface area (Å²) >= 11 is 0. The van der Waals surface area contributed by atoms with E-state index in [0.29, 0.717) is 5.92 Å². The zero-order valence-corrected chi connectivity index (χ0v) is 27.8. The number of benzene rings is 8. The standard InChI is InChI=1S/C50H34/c1-5-15-42-34(11-1)23-27-41(49-32-39-14-2-6-16-43(39)46-19-9-10-20-47(46)49)30-40-28-26-36(31-48(40)42)33-21-24-35(25-22-33)50-44-17-7-3-12-37(44)29-38-13-4-8-18-45(38)50/h1-5,7-15,17-22,24-26,28-29,31-32,41H,23,27,30H2. The van der Waals surface area contributed by atoms with Crippen LogP contribution >= 0.6 is 0 Å². The maximum absolute atomic E-state index is 3.40. The number of rotatable bonds is 3. The van der Waals surface area contributed by atoms with Gasteiger partial charge in [0.15, 0.2) is 0 Å². The minimum atomic E-state index is 0.404. The van der Waals surface area contributed by atoms with Gasteiger partial charge in [-0.25, -0.2) is 0 Å². The minimum absolute atomic E-state index is 0.404. The molecule has 50 heavy (non-hydrogen) atoms. The first-order valence-electron chi connectivity index (χ1n) is 17.7. The zero-order chi connectivity index (χ0) is 33.0. The summed E-state index contributed by atoms with van der Waals surface area (Å²) in [5.74, 6) is 0.404. The van der Waals surface area contributed by atoms with Crippen molar-refractivity contribution in [3.05, 3.63) is 193 Å². The highest BCUT2D eigenvalue weighted by Gasteiger charge is 2.23. The largest absolute Gasteiger partial charge is 0.0695 e. The molecule has 0 amide bonds. The third-order valence-corrected chi connectivity index (χ3v) is 11.0. The summed E-state index contributed by atoms with van der Waals surface area (Å²) in [5, 5.41) is 10.2. The molecule has 9 aromatic rings. The molecule has 1 aliphatic rings. The Labute approximate surface area is 293 Å². The van der Waals surface area contributed by atoms with Gasteiger partial charge in [0.25, 0.3) is 0 Å². The predicted octanol–water partition coefficient (Wildman–Crippen LogP) is 13.2. The molecule has 1 unspecified atom stereocenters. The highest BCUT2D eigenvalue weighted by molar-refractivity contribution is 6.13. The van der Waals surface area contributed by atoms with Crippen molar-refractivity contribution >= 4 is 43.1 Å². The van der Waals surface area contributed by atoms with Crippen molar-refractivity contribution in [2.75, 3.05) is 0 Å². The summed E-state index contributed by atoms with van der Waals surface area (Å²) in [5.41, 5.74) is 12.1. The lowest BCUT2D eigenvalue weighted by Gasteiger charge is -2.26. The Balaban J connectivity index is 1.07. The summed E-state index contributed by atoms with van der Waals surface area (Å²) in [6.45, 7) is 0. The summed E-state index contributed by atoms with van der Waals surface area (Å²) in [6, 6.07) is 67.4. The number of hydrogen-bond acceptors (Lipinski definition) is 0. The first kappa shape index (κ1) is 28.8. The molecule has 0 aromatic heterocycles. The van der Waals surface area contributed by atoms with Crippen molar-refractivity contribution in [2.24, 2.45) is 0 Å². The van der Waals surface area contributed by atoms with Crippen molar-refractivity contribution in [3.63, 3.8) is 0 Å². The quantitative estimate of drug-likeness (QED) is 0.170. The molecule has 0 saturated carbocycles. The van der Waals surface area contributed by atoms with Gasteiger partial charge in [-0.2, -0.15) is 0 Å². The van der Waals surface area contributed by atoms with Crippen molar-refractivity contribution in [2.45, 2.75) is 25.2 Å². The van der Waals surface area contributed by atoms with E-state index in [2.05, 4.69) is 170 Å². The average Bonchev–Trinajstić information content (AvgIpc) is 3.18. The SMILES string of the molecule is c1ccc2cc(C3CCc4ccccc4-c4cc(-c5ccc(-c6c7ccccc7cc7ccccc67)cc5)ccc4C3)c3ccccc3c2c#1. The van der Waals surface area contributed by atoms with Crippen LogP contribution in [0.4, 0.5) is 0 Å². The van der Waals surface area contributed by atoms with Gasteiger partial charge in [0.05, 0.1) is 0 Å². The summed E-state index contributed by atoms with van der Waals surface area (Å²) in [7, 11) is 0. The van der Waals surface area contributed by atoms with Crippen LogP contribution in [0.2, 0.25) is 0 Å². The Morgan fingerprint density at radius 1 is 0.460 bits per heavy atom. The van der Waals surface area contributed by atoms with Gasteiger partial charge in [0, 0.05) is 5.39 Å². The van der Waals surface area contributed by atoms with E-state index in [9.17, 15) is 0 Å². The van der Waals surface area contributed by atoms with E-state index in [-0.39, 0.29) is 0 Å². The molecule has 1 aliphatic carbocycles. The lowest BCUT2D eigenvalue weighted by atomic mass is 9.78. The van der Waals surface area contributed by atoms with Gasteiger partial charge in [-0.1, -0.05) is 146 Å². The molecule has 0 nitrogen and oxygen atoms in total. The molecule has 0 heterocycles. The van der Waals surface area contributed by atoms with Crippen molar-refractivity contribution in [1.82, 2.24) is 0 Å². The van der Waals surface area contributed by atoms with E-state index in [0.717, 1.165) is 24.6 Å². The smallest absolute Gasteiger partial charge is 0.0400 e. The van der Waals surface area contributed by atoms with Crippen LogP contribution in [0.5, 0.6) is 0 Å². The van der Waals surface area contributed by atoms with E-state index in [4.69, 9.17) is 0 Å². The highest BCUT2D eigenvalue weighted by Crippen LogP contribution is 2.42. The molecule has 0 radical (unpaired) electrons. The van der Waals surface area contributed by atoms with Gasteiger partial charge in [-0.05, 0) is 143 Å². The fourth-order valence-corrected chi connectivity index (χ4v) is 8.58. The topological polar surface area (TPSA) is 0 Å². The van der Waals surface area contributed by atoms with Crippen LogP contribution in [-0.4, -0.2) is 0 Å². The Hall–Kier alpha value is -6.16. The van der Waals surface area contributed by atoms with Crippen LogP contribution in [0.1, 0.15) is 29.0 Å². The fraction of sp³-hybridized carbons (Fsp3) is 0.0800. The molecular weight excluding hydrogens is 601 g/mol. The van der Waals surface area contributed by atoms with E-state index >= 15 is 0 Å². The van der Waals surface area contributed by atoms with Gasteiger partial charge in [-0.3, -0.25) is 0 Å². The molecule has 0 spiro atoms. The maximum Gasteiger partial charge on any atom is 0.0400 e. The molecule has 0 bridgehead atoms. The van der Waals surface area contributed by atoms with Gasteiger partial charge >= 0.3 is 0 Å². The van der Waals surface area contributed by atoms with Crippen molar-refractivity contribution in [3.8, 4) is 33.4 Å². The number of fused-ring (bicyclic) bond motifs is 8. The second-order valence-electron chi connectivity index (χ2n) is 13.8. The van der Waals surface area contributed by atoms with Crippen LogP contribution in [0.25, 0.3) is 76.5 Å². The van der Waals surface area contributed by atoms with Crippen molar-refractivity contribution in [1.29, 1.82) is 0 Å². The molecule has 1 atom stereocenters. The van der Waals surface area contributed by atoms with Crippen molar-refractivity contribution < 1.29 is 0 Å². The molecule has 234 valence electrons. The Morgan fingerprint density at radius 3 is 1.92 bits per heavy atom. The van der Waals surface area contributed by atoms with Crippen LogP contribution in [0, 0.1) is 12.1 Å². The van der Waals surface area contributed by atoms with Crippen LogP contribution in [-0.2, 0) is 12.8 Å². The van der Waals surface area contributed by atoms with E-state index in [1.807, 2.05) is 6.07 Å². The van der Waals surface area contributed by atoms with Gasteiger partial charge in [0.1, 0.15) is 0 Å². The fourth-order valence-electron chi connectivity index (χ4n) is 8.58. The van der Waals surface area contributed by atoms with Crippen LogP contribution < -0.4 is 0 Å². The predicted molar refractivity (Wildman–Crippen MR) is 212 cm³/mol. The second kappa shape index (κ2) is 11.8.